The lowest BCUT2D eigenvalue weighted by atomic mass is 10.1. The Labute approximate surface area is 202 Å². The van der Waals surface area contributed by atoms with Crippen LogP contribution in [0.1, 0.15) is 15.9 Å². The van der Waals surface area contributed by atoms with Crippen molar-refractivity contribution < 1.29 is 4.79 Å². The molecule has 6 nitrogen and oxygen atoms in total. The second kappa shape index (κ2) is 9.77. The standard InChI is InChI=1S/C29H21N5O/c30-19-21-8-5-14-26-28(21)27(15-16-31-26)33-23-11-4-7-20(17-23)29(35)34-25-13-6-12-24(18-25)32-22-9-2-1-3-10-22/h1-18,32H,(H,31,33)(H,34,35). The lowest BCUT2D eigenvalue weighted by Crippen LogP contribution is -2.12. The quantitative estimate of drug-likeness (QED) is 0.261. The molecule has 0 unspecified atom stereocenters. The highest BCUT2D eigenvalue weighted by Gasteiger charge is 2.10. The fourth-order valence-corrected chi connectivity index (χ4v) is 3.86. The van der Waals surface area contributed by atoms with Crippen molar-refractivity contribution in [3.8, 4) is 6.07 Å². The van der Waals surface area contributed by atoms with Crippen LogP contribution in [0.4, 0.5) is 28.4 Å². The predicted molar refractivity (Wildman–Crippen MR) is 140 cm³/mol. The number of pyridine rings is 1. The van der Waals surface area contributed by atoms with Crippen LogP contribution in [-0.4, -0.2) is 10.9 Å². The summed E-state index contributed by atoms with van der Waals surface area (Å²) in [6.45, 7) is 0. The van der Waals surface area contributed by atoms with Crippen molar-refractivity contribution in [2.24, 2.45) is 0 Å². The Bertz CT molecular complexity index is 1550. The van der Waals surface area contributed by atoms with Gasteiger partial charge < -0.3 is 16.0 Å². The van der Waals surface area contributed by atoms with Crippen molar-refractivity contribution in [1.29, 1.82) is 5.26 Å². The molecule has 5 aromatic rings. The number of carbonyl (C=O) groups excluding carboxylic acids is 1. The van der Waals surface area contributed by atoms with Gasteiger partial charge in [0.2, 0.25) is 0 Å². The fourth-order valence-electron chi connectivity index (χ4n) is 3.86. The van der Waals surface area contributed by atoms with Crippen molar-refractivity contribution in [2.45, 2.75) is 0 Å². The number of hydrogen-bond acceptors (Lipinski definition) is 5. The Hall–Kier alpha value is -5.15. The van der Waals surface area contributed by atoms with E-state index < -0.39 is 0 Å². The van der Waals surface area contributed by atoms with E-state index in [4.69, 9.17) is 0 Å². The van der Waals surface area contributed by atoms with Crippen LogP contribution in [0.5, 0.6) is 0 Å². The molecule has 3 N–H and O–H groups in total. The number of benzene rings is 4. The highest BCUT2D eigenvalue weighted by atomic mass is 16.1. The van der Waals surface area contributed by atoms with E-state index in [-0.39, 0.29) is 5.91 Å². The molecule has 0 fully saturated rings. The number of nitrogens with zero attached hydrogens (tertiary/aromatic N) is 2. The van der Waals surface area contributed by atoms with E-state index in [0.29, 0.717) is 16.8 Å². The Balaban J connectivity index is 1.35. The van der Waals surface area contributed by atoms with E-state index >= 15 is 0 Å². The van der Waals surface area contributed by atoms with Crippen LogP contribution in [0, 0.1) is 11.3 Å². The van der Waals surface area contributed by atoms with Crippen molar-refractivity contribution in [2.75, 3.05) is 16.0 Å². The lowest BCUT2D eigenvalue weighted by Gasteiger charge is -2.12. The molecule has 1 aromatic heterocycles. The number of nitriles is 1. The van der Waals surface area contributed by atoms with Gasteiger partial charge in [0.25, 0.3) is 5.91 Å². The van der Waals surface area contributed by atoms with E-state index in [9.17, 15) is 10.1 Å². The Kier molecular flexibility index (Phi) is 6.05. The molecule has 0 saturated heterocycles. The molecule has 0 spiro atoms. The molecular formula is C29H21N5O. The summed E-state index contributed by atoms with van der Waals surface area (Å²) in [5.74, 6) is -0.220. The summed E-state index contributed by atoms with van der Waals surface area (Å²) in [7, 11) is 0. The van der Waals surface area contributed by atoms with E-state index in [1.165, 1.54) is 0 Å². The third-order valence-electron chi connectivity index (χ3n) is 5.47. The maximum absolute atomic E-state index is 13.0. The molecule has 4 aromatic carbocycles. The van der Waals surface area contributed by atoms with Gasteiger partial charge in [0.05, 0.1) is 22.8 Å². The maximum atomic E-state index is 13.0. The summed E-state index contributed by atoms with van der Waals surface area (Å²) < 4.78 is 0. The molecular weight excluding hydrogens is 434 g/mol. The van der Waals surface area contributed by atoms with Crippen LogP contribution in [-0.2, 0) is 0 Å². The molecule has 0 aliphatic heterocycles. The van der Waals surface area contributed by atoms with Crippen LogP contribution < -0.4 is 16.0 Å². The number of para-hydroxylation sites is 1. The average molecular weight is 456 g/mol. The fraction of sp³-hybridized carbons (Fsp3) is 0. The largest absolute Gasteiger partial charge is 0.355 e. The van der Waals surface area contributed by atoms with Crippen molar-refractivity contribution in [3.63, 3.8) is 0 Å². The minimum absolute atomic E-state index is 0.220. The molecule has 6 heteroatoms. The number of aromatic nitrogens is 1. The first kappa shape index (κ1) is 21.7. The smallest absolute Gasteiger partial charge is 0.255 e. The second-order valence-electron chi connectivity index (χ2n) is 7.90. The lowest BCUT2D eigenvalue weighted by molar-refractivity contribution is 0.102. The number of rotatable bonds is 6. The van der Waals surface area contributed by atoms with E-state index in [1.807, 2.05) is 84.9 Å². The number of nitrogens with one attached hydrogen (secondary N) is 3. The van der Waals surface area contributed by atoms with Gasteiger partial charge in [0, 0.05) is 39.9 Å². The van der Waals surface area contributed by atoms with Gasteiger partial charge in [-0.15, -0.1) is 0 Å². The second-order valence-corrected chi connectivity index (χ2v) is 7.90. The van der Waals surface area contributed by atoms with E-state index in [1.54, 1.807) is 24.4 Å². The Morgan fingerprint density at radius 1 is 0.714 bits per heavy atom. The molecule has 0 atom stereocenters. The molecule has 168 valence electrons. The molecule has 0 radical (unpaired) electrons. The Morgan fingerprint density at radius 2 is 1.43 bits per heavy atom. The molecule has 0 saturated carbocycles. The maximum Gasteiger partial charge on any atom is 0.255 e. The van der Waals surface area contributed by atoms with Gasteiger partial charge in [0.15, 0.2) is 0 Å². The van der Waals surface area contributed by atoms with Crippen LogP contribution in [0.3, 0.4) is 0 Å². The zero-order chi connectivity index (χ0) is 24.0. The van der Waals surface area contributed by atoms with Crippen LogP contribution in [0.15, 0.2) is 109 Å². The van der Waals surface area contributed by atoms with Gasteiger partial charge in [0.1, 0.15) is 0 Å². The minimum atomic E-state index is -0.220. The molecule has 0 aliphatic rings. The third kappa shape index (κ3) is 4.95. The summed E-state index contributed by atoms with van der Waals surface area (Å²) in [6, 6.07) is 34.2. The zero-order valence-electron chi connectivity index (χ0n) is 18.7. The number of hydrogen-bond donors (Lipinski definition) is 3. The number of fused-ring (bicyclic) bond motifs is 1. The first-order valence-corrected chi connectivity index (χ1v) is 11.1. The van der Waals surface area contributed by atoms with Crippen LogP contribution in [0.2, 0.25) is 0 Å². The monoisotopic (exact) mass is 455 g/mol. The molecule has 0 bridgehead atoms. The highest BCUT2D eigenvalue weighted by Crippen LogP contribution is 2.28. The van der Waals surface area contributed by atoms with Crippen molar-refractivity contribution in [1.82, 2.24) is 4.98 Å². The molecule has 35 heavy (non-hydrogen) atoms. The Morgan fingerprint density at radius 3 is 2.26 bits per heavy atom. The van der Waals surface area contributed by atoms with Gasteiger partial charge in [-0.25, -0.2) is 0 Å². The summed E-state index contributed by atoms with van der Waals surface area (Å²) in [4.78, 5) is 17.3. The summed E-state index contributed by atoms with van der Waals surface area (Å²) in [5.41, 5.74) is 5.80. The first-order valence-electron chi connectivity index (χ1n) is 11.1. The minimum Gasteiger partial charge on any atom is -0.355 e. The van der Waals surface area contributed by atoms with Gasteiger partial charge in [-0.3, -0.25) is 9.78 Å². The zero-order valence-corrected chi connectivity index (χ0v) is 18.7. The van der Waals surface area contributed by atoms with Gasteiger partial charge in [-0.05, 0) is 66.7 Å². The van der Waals surface area contributed by atoms with Crippen molar-refractivity contribution >= 4 is 45.2 Å². The summed E-state index contributed by atoms with van der Waals surface area (Å²) >= 11 is 0. The molecule has 1 heterocycles. The van der Waals surface area contributed by atoms with Gasteiger partial charge >= 0.3 is 0 Å². The molecule has 5 rings (SSSR count). The average Bonchev–Trinajstić information content (AvgIpc) is 2.89. The van der Waals surface area contributed by atoms with E-state index in [2.05, 4.69) is 27.0 Å². The summed E-state index contributed by atoms with van der Waals surface area (Å²) in [6.07, 6.45) is 1.69. The SMILES string of the molecule is N#Cc1cccc2nccc(Nc3cccc(C(=O)Nc4cccc(Nc5ccccc5)c4)c3)c12. The predicted octanol–water partition coefficient (Wildman–Crippen LogP) is 6.85. The summed E-state index contributed by atoms with van der Waals surface area (Å²) in [5, 5.41) is 19.9. The van der Waals surface area contributed by atoms with Crippen LogP contribution in [0.25, 0.3) is 10.9 Å². The highest BCUT2D eigenvalue weighted by molar-refractivity contribution is 6.05. The third-order valence-corrected chi connectivity index (χ3v) is 5.47. The first-order chi connectivity index (χ1) is 17.2. The molecule has 0 aliphatic carbocycles. The topological polar surface area (TPSA) is 89.8 Å². The number of carbonyl (C=O) groups is 1. The van der Waals surface area contributed by atoms with Gasteiger partial charge in [-0.1, -0.05) is 36.4 Å². The normalized spacial score (nSPS) is 10.4. The number of anilines is 5. The van der Waals surface area contributed by atoms with E-state index in [0.717, 1.165) is 33.7 Å². The van der Waals surface area contributed by atoms with Crippen molar-refractivity contribution in [3.05, 3.63) is 120 Å². The van der Waals surface area contributed by atoms with Crippen LogP contribution >= 0.6 is 0 Å². The number of amides is 1. The molecule has 1 amide bonds. The van der Waals surface area contributed by atoms with Gasteiger partial charge in [-0.2, -0.15) is 5.26 Å².